The molecule has 0 bridgehead atoms. The average molecular weight is 164 g/mol. The van der Waals surface area contributed by atoms with Crippen molar-refractivity contribution < 1.29 is 4.42 Å². The molecular formula is C9H12N2O. The Balaban J connectivity index is 1.70. The first-order valence-corrected chi connectivity index (χ1v) is 4.21. The highest BCUT2D eigenvalue weighted by Crippen LogP contribution is 2.01. The highest BCUT2D eigenvalue weighted by atomic mass is 16.3. The van der Waals surface area contributed by atoms with Crippen molar-refractivity contribution in [3.05, 3.63) is 24.2 Å². The molecule has 1 saturated heterocycles. The number of nitrogens with zero attached hydrogens (tertiary/aromatic N) is 2. The third kappa shape index (κ3) is 2.20. The molecule has 1 fully saturated rings. The summed E-state index contributed by atoms with van der Waals surface area (Å²) < 4.78 is 5.09. The standard InChI is InChI=1S/C9H12N2O/c1-2-9(12-7-1)8-10-3-4-11-5-6-11/h1-2,7-8H,3-6H2. The second-order valence-corrected chi connectivity index (χ2v) is 2.89. The smallest absolute Gasteiger partial charge is 0.144 e. The molecular weight excluding hydrogens is 152 g/mol. The predicted molar refractivity (Wildman–Crippen MR) is 47.6 cm³/mol. The largest absolute Gasteiger partial charge is 0.463 e. The fraction of sp³-hybridized carbons (Fsp3) is 0.444. The van der Waals surface area contributed by atoms with Gasteiger partial charge in [0.1, 0.15) is 5.76 Å². The zero-order chi connectivity index (χ0) is 8.23. The van der Waals surface area contributed by atoms with Gasteiger partial charge >= 0.3 is 0 Å². The van der Waals surface area contributed by atoms with E-state index in [0.29, 0.717) is 0 Å². The van der Waals surface area contributed by atoms with Crippen LogP contribution in [0.3, 0.4) is 0 Å². The average Bonchev–Trinajstić information content (AvgIpc) is 2.76. The zero-order valence-electron chi connectivity index (χ0n) is 6.94. The van der Waals surface area contributed by atoms with Crippen LogP contribution in [0.2, 0.25) is 0 Å². The van der Waals surface area contributed by atoms with Gasteiger partial charge in [0.05, 0.1) is 19.0 Å². The summed E-state index contributed by atoms with van der Waals surface area (Å²) >= 11 is 0. The Labute approximate surface area is 71.7 Å². The van der Waals surface area contributed by atoms with E-state index in [0.717, 1.165) is 18.8 Å². The van der Waals surface area contributed by atoms with E-state index < -0.39 is 0 Å². The van der Waals surface area contributed by atoms with Crippen molar-refractivity contribution in [1.29, 1.82) is 0 Å². The van der Waals surface area contributed by atoms with Gasteiger partial charge in [-0.2, -0.15) is 0 Å². The molecule has 12 heavy (non-hydrogen) atoms. The van der Waals surface area contributed by atoms with Gasteiger partial charge in [-0.1, -0.05) is 0 Å². The lowest BCUT2D eigenvalue weighted by Crippen LogP contribution is -2.02. The maximum absolute atomic E-state index is 5.09. The van der Waals surface area contributed by atoms with Gasteiger partial charge in [-0.05, 0) is 12.1 Å². The summed E-state index contributed by atoms with van der Waals surface area (Å²) in [6.07, 6.45) is 3.44. The first-order valence-electron chi connectivity index (χ1n) is 4.21. The third-order valence-electron chi connectivity index (χ3n) is 1.85. The normalized spacial score (nSPS) is 17.3. The minimum absolute atomic E-state index is 0.834. The lowest BCUT2D eigenvalue weighted by molar-refractivity contribution is 0.556. The quantitative estimate of drug-likeness (QED) is 0.491. The topological polar surface area (TPSA) is 28.5 Å². The number of furan rings is 1. The lowest BCUT2D eigenvalue weighted by Gasteiger charge is -1.92. The van der Waals surface area contributed by atoms with Crippen LogP contribution in [0.25, 0.3) is 0 Å². The van der Waals surface area contributed by atoms with Gasteiger partial charge in [-0.15, -0.1) is 0 Å². The van der Waals surface area contributed by atoms with Crippen molar-refractivity contribution in [2.45, 2.75) is 0 Å². The Morgan fingerprint density at radius 2 is 2.50 bits per heavy atom. The zero-order valence-corrected chi connectivity index (χ0v) is 6.94. The monoisotopic (exact) mass is 164 g/mol. The van der Waals surface area contributed by atoms with Crippen LogP contribution in [0, 0.1) is 0 Å². The van der Waals surface area contributed by atoms with E-state index in [2.05, 4.69) is 9.89 Å². The maximum atomic E-state index is 5.09. The molecule has 0 aromatic carbocycles. The maximum Gasteiger partial charge on any atom is 0.144 e. The van der Waals surface area contributed by atoms with Crippen LogP contribution >= 0.6 is 0 Å². The lowest BCUT2D eigenvalue weighted by atomic mass is 10.5. The van der Waals surface area contributed by atoms with Crippen molar-refractivity contribution in [2.24, 2.45) is 4.99 Å². The second-order valence-electron chi connectivity index (χ2n) is 2.89. The van der Waals surface area contributed by atoms with Crippen LogP contribution in [-0.2, 0) is 0 Å². The molecule has 0 aliphatic carbocycles. The van der Waals surface area contributed by atoms with E-state index in [1.54, 1.807) is 12.5 Å². The molecule has 3 heteroatoms. The summed E-state index contributed by atoms with van der Waals surface area (Å²) in [6.45, 7) is 4.45. The number of hydrogen-bond donors (Lipinski definition) is 0. The molecule has 64 valence electrons. The van der Waals surface area contributed by atoms with E-state index >= 15 is 0 Å². The van der Waals surface area contributed by atoms with Gasteiger partial charge in [-0.25, -0.2) is 0 Å². The Bertz CT molecular complexity index is 250. The molecule has 0 amide bonds. The fourth-order valence-corrected chi connectivity index (χ4v) is 1.01. The van der Waals surface area contributed by atoms with Gasteiger partial charge < -0.3 is 4.42 Å². The van der Waals surface area contributed by atoms with Gasteiger partial charge in [0.15, 0.2) is 0 Å². The van der Waals surface area contributed by atoms with Crippen molar-refractivity contribution in [1.82, 2.24) is 4.90 Å². The predicted octanol–water partition coefficient (Wildman–Crippen LogP) is 1.01. The third-order valence-corrected chi connectivity index (χ3v) is 1.85. The Kier molecular flexibility index (Phi) is 2.23. The van der Waals surface area contributed by atoms with Crippen molar-refractivity contribution in [3.63, 3.8) is 0 Å². The summed E-state index contributed by atoms with van der Waals surface area (Å²) in [4.78, 5) is 6.58. The van der Waals surface area contributed by atoms with Crippen LogP contribution in [0.5, 0.6) is 0 Å². The molecule has 3 nitrogen and oxygen atoms in total. The minimum atomic E-state index is 0.834. The number of hydrogen-bond acceptors (Lipinski definition) is 3. The minimum Gasteiger partial charge on any atom is -0.463 e. The van der Waals surface area contributed by atoms with Crippen LogP contribution in [-0.4, -0.2) is 37.3 Å². The molecule has 0 saturated carbocycles. The molecule has 1 aromatic heterocycles. The molecule has 0 N–H and O–H groups in total. The molecule has 1 aliphatic rings. The SMILES string of the molecule is C(=NCCN1CC1)c1ccco1. The van der Waals surface area contributed by atoms with Gasteiger partial charge in [0, 0.05) is 19.6 Å². The van der Waals surface area contributed by atoms with Crippen LogP contribution in [0.1, 0.15) is 5.76 Å². The molecule has 2 heterocycles. The van der Waals surface area contributed by atoms with Crippen LogP contribution in [0.15, 0.2) is 27.8 Å². The van der Waals surface area contributed by atoms with Gasteiger partial charge in [0.25, 0.3) is 0 Å². The van der Waals surface area contributed by atoms with Crippen molar-refractivity contribution >= 4 is 6.21 Å². The summed E-state index contributed by atoms with van der Waals surface area (Å²) in [5.74, 6) is 0.834. The summed E-state index contributed by atoms with van der Waals surface area (Å²) in [7, 11) is 0. The Hall–Kier alpha value is -1.09. The molecule has 0 spiro atoms. The van der Waals surface area contributed by atoms with Gasteiger partial charge in [0.2, 0.25) is 0 Å². The van der Waals surface area contributed by atoms with Crippen LogP contribution in [0.4, 0.5) is 0 Å². The van der Waals surface area contributed by atoms with E-state index in [4.69, 9.17) is 4.42 Å². The van der Waals surface area contributed by atoms with Crippen LogP contribution < -0.4 is 0 Å². The van der Waals surface area contributed by atoms with E-state index in [1.165, 1.54) is 13.1 Å². The Morgan fingerprint density at radius 1 is 1.58 bits per heavy atom. The Morgan fingerprint density at radius 3 is 3.17 bits per heavy atom. The summed E-state index contributed by atoms with van der Waals surface area (Å²) in [5, 5.41) is 0. The number of rotatable bonds is 4. The van der Waals surface area contributed by atoms with E-state index in [1.807, 2.05) is 12.1 Å². The molecule has 1 aromatic rings. The molecule has 1 aliphatic heterocycles. The van der Waals surface area contributed by atoms with E-state index in [-0.39, 0.29) is 0 Å². The second kappa shape index (κ2) is 3.54. The first kappa shape index (κ1) is 7.55. The van der Waals surface area contributed by atoms with Crippen molar-refractivity contribution in [2.75, 3.05) is 26.2 Å². The first-order chi connectivity index (χ1) is 5.95. The highest BCUT2D eigenvalue weighted by molar-refractivity contribution is 5.75. The fourth-order valence-electron chi connectivity index (χ4n) is 1.01. The molecule has 2 rings (SSSR count). The molecule has 0 unspecified atom stereocenters. The summed E-state index contributed by atoms with van der Waals surface area (Å²) in [6, 6.07) is 3.77. The van der Waals surface area contributed by atoms with Gasteiger partial charge in [-0.3, -0.25) is 9.89 Å². The highest BCUT2D eigenvalue weighted by Gasteiger charge is 2.14. The molecule has 0 radical (unpaired) electrons. The summed E-state index contributed by atoms with van der Waals surface area (Å²) in [5.41, 5.74) is 0. The number of aliphatic imine (C=N–C) groups is 1. The van der Waals surface area contributed by atoms with Crippen molar-refractivity contribution in [3.8, 4) is 0 Å². The van der Waals surface area contributed by atoms with E-state index in [9.17, 15) is 0 Å². The molecule has 0 atom stereocenters.